The van der Waals surface area contributed by atoms with Gasteiger partial charge in [0.1, 0.15) is 0 Å². The monoisotopic (exact) mass is 489 g/mol. The average Bonchev–Trinajstić information content (AvgIpc) is 2.97. The minimum atomic E-state index is 0. The van der Waals surface area contributed by atoms with E-state index in [9.17, 15) is 0 Å². The molecule has 0 aromatic heterocycles. The second kappa shape index (κ2) is 10.5. The second-order valence-corrected chi connectivity index (χ2v) is 13.1. The van der Waals surface area contributed by atoms with Crippen molar-refractivity contribution >= 4 is 11.8 Å². The van der Waals surface area contributed by atoms with Crippen molar-refractivity contribution < 1.29 is 45.2 Å². The van der Waals surface area contributed by atoms with Crippen molar-refractivity contribution in [2.75, 3.05) is 5.75 Å². The van der Waals surface area contributed by atoms with Crippen molar-refractivity contribution in [3.05, 3.63) is 44.9 Å². The van der Waals surface area contributed by atoms with Crippen LogP contribution in [0, 0.1) is 16.2 Å². The molecule has 2 aliphatic rings. The number of allylic oxidation sites excluding steroid dienone is 7. The zero-order valence-electron chi connectivity index (χ0n) is 19.8. The molecule has 163 valence electrons. The molecule has 2 rings (SSSR count). The predicted molar refractivity (Wildman–Crippen MR) is 120 cm³/mol. The topological polar surface area (TPSA) is 0 Å². The van der Waals surface area contributed by atoms with Gasteiger partial charge in [-0.15, -0.1) is 0 Å². The van der Waals surface area contributed by atoms with Crippen LogP contribution < -0.4 is 24.8 Å². The van der Waals surface area contributed by atoms with Gasteiger partial charge in [0.25, 0.3) is 0 Å². The van der Waals surface area contributed by atoms with Gasteiger partial charge < -0.3 is 24.8 Å². The third kappa shape index (κ3) is 5.89. The zero-order valence-corrected chi connectivity index (χ0v) is 23.7. The molecular formula is C25H39Cl2STi. The quantitative estimate of drug-likeness (QED) is 0.532. The van der Waals surface area contributed by atoms with Gasteiger partial charge >= 0.3 is 185 Å². The summed E-state index contributed by atoms with van der Waals surface area (Å²) in [7, 11) is 0. The van der Waals surface area contributed by atoms with E-state index < -0.39 is 0 Å². The third-order valence-corrected chi connectivity index (χ3v) is 8.93. The predicted octanol–water partition coefficient (Wildman–Crippen LogP) is 2.01. The first-order valence-electron chi connectivity index (χ1n) is 10.5. The van der Waals surface area contributed by atoms with Crippen LogP contribution in [0.25, 0.3) is 0 Å². The van der Waals surface area contributed by atoms with Crippen LogP contribution in [0.4, 0.5) is 0 Å². The van der Waals surface area contributed by atoms with Crippen molar-refractivity contribution in [2.24, 2.45) is 16.2 Å². The molecule has 29 heavy (non-hydrogen) atoms. The molecule has 0 heterocycles. The number of hydrogen-bond acceptors (Lipinski definition) is 1. The zero-order chi connectivity index (χ0) is 20.7. The summed E-state index contributed by atoms with van der Waals surface area (Å²) in [5, 5.41) is 0. The van der Waals surface area contributed by atoms with Crippen molar-refractivity contribution in [1.82, 2.24) is 0 Å². The summed E-state index contributed by atoms with van der Waals surface area (Å²) in [6.07, 6.45) is 13.4. The van der Waals surface area contributed by atoms with E-state index in [4.69, 9.17) is 0 Å². The van der Waals surface area contributed by atoms with Gasteiger partial charge in [0.05, 0.1) is 0 Å². The van der Waals surface area contributed by atoms with E-state index in [1.165, 1.54) is 17.7 Å². The Balaban J connectivity index is 0.00000392. The maximum absolute atomic E-state index is 2.57. The van der Waals surface area contributed by atoms with Crippen LogP contribution in [-0.4, -0.2) is 10.5 Å². The Morgan fingerprint density at radius 1 is 1.00 bits per heavy atom. The number of rotatable bonds is 5. The maximum atomic E-state index is 2.57. The summed E-state index contributed by atoms with van der Waals surface area (Å²) in [5.41, 5.74) is 5.15. The molecule has 4 heteroatoms. The Hall–Kier alpha value is 0.604. The van der Waals surface area contributed by atoms with E-state index in [-0.39, 0.29) is 45.8 Å². The molecule has 0 saturated heterocycles. The van der Waals surface area contributed by atoms with E-state index in [2.05, 4.69) is 119 Å². The number of thioether (sulfide) groups is 1. The molecule has 1 unspecified atom stereocenters. The van der Waals surface area contributed by atoms with E-state index in [1.54, 1.807) is 15.0 Å². The smallest absolute Gasteiger partial charge is 1.00 e. The van der Waals surface area contributed by atoms with Gasteiger partial charge in [-0.05, 0) is 0 Å². The van der Waals surface area contributed by atoms with Crippen molar-refractivity contribution in [1.29, 1.82) is 0 Å². The SMILES string of the molecule is CCCSC1(C(C)(C)C2=[C]([Ti+2])CC=C2)CC=C(C(C)(C)C)C=C1C(C)(C)C.[Cl-].[Cl-]. The molecule has 0 N–H and O–H groups in total. The van der Waals surface area contributed by atoms with E-state index in [1.807, 2.05) is 0 Å². The van der Waals surface area contributed by atoms with Crippen LogP contribution in [0.2, 0.25) is 0 Å². The molecule has 0 amide bonds. The van der Waals surface area contributed by atoms with Gasteiger partial charge in [-0.2, -0.15) is 0 Å². The fraction of sp³-hybridized carbons (Fsp3) is 0.680. The van der Waals surface area contributed by atoms with E-state index >= 15 is 0 Å². The largest absolute Gasteiger partial charge is 1.00 e. The summed E-state index contributed by atoms with van der Waals surface area (Å²) in [4.78, 5) is 0. The molecule has 0 aromatic carbocycles. The van der Waals surface area contributed by atoms with Gasteiger partial charge in [-0.25, -0.2) is 0 Å². The van der Waals surface area contributed by atoms with Crippen LogP contribution >= 0.6 is 11.8 Å². The minimum Gasteiger partial charge on any atom is -1.00 e. The first-order chi connectivity index (χ1) is 12.3. The summed E-state index contributed by atoms with van der Waals surface area (Å²) >= 11 is 4.54. The summed E-state index contributed by atoms with van der Waals surface area (Å²) in [6, 6.07) is 0. The number of halogens is 2. The molecule has 0 aliphatic heterocycles. The Kier molecular flexibility index (Phi) is 10.7. The van der Waals surface area contributed by atoms with Gasteiger partial charge in [0.2, 0.25) is 0 Å². The van der Waals surface area contributed by atoms with Crippen LogP contribution in [0.3, 0.4) is 0 Å². The molecule has 0 aromatic rings. The van der Waals surface area contributed by atoms with Crippen LogP contribution in [0.1, 0.15) is 81.6 Å². The first-order valence-corrected chi connectivity index (χ1v) is 12.2. The summed E-state index contributed by atoms with van der Waals surface area (Å²) < 4.78 is 1.66. The second-order valence-electron chi connectivity index (χ2n) is 10.7. The van der Waals surface area contributed by atoms with Crippen molar-refractivity contribution in [3.8, 4) is 0 Å². The fourth-order valence-corrected chi connectivity index (χ4v) is 7.08. The van der Waals surface area contributed by atoms with Crippen molar-refractivity contribution in [3.63, 3.8) is 0 Å². The molecule has 1 atom stereocenters. The molecule has 2 aliphatic carbocycles. The van der Waals surface area contributed by atoms with Crippen LogP contribution in [0.5, 0.6) is 0 Å². The van der Waals surface area contributed by atoms with Crippen molar-refractivity contribution in [2.45, 2.75) is 86.3 Å². The van der Waals surface area contributed by atoms with Gasteiger partial charge in [0, 0.05) is 0 Å². The average molecular weight is 490 g/mol. The maximum Gasteiger partial charge on any atom is -1.00 e. The third-order valence-electron chi connectivity index (χ3n) is 6.19. The van der Waals surface area contributed by atoms with E-state index in [0.717, 1.165) is 12.8 Å². The number of hydrogen-bond donors (Lipinski definition) is 0. The first kappa shape index (κ1) is 29.6. The molecule has 0 nitrogen and oxygen atoms in total. The standard InChI is InChI=1S/C25H39S.2ClH.Ti/c1-10-17-26-25(24(8,9)19-13-11-12-14-19)16-15-20(22(2,3)4)18-21(25)23(5,6)7;;;/h11,13,15,18H,10,12,16-17H2,1-9H3;2*1H;/q;;;+2/p-2. The summed E-state index contributed by atoms with van der Waals surface area (Å²) in [5.74, 6) is 1.21. The van der Waals surface area contributed by atoms with Gasteiger partial charge in [-0.3, -0.25) is 0 Å². The molecule has 0 fully saturated rings. The Morgan fingerprint density at radius 2 is 1.59 bits per heavy atom. The van der Waals surface area contributed by atoms with Crippen LogP contribution in [0.15, 0.2) is 44.9 Å². The fourth-order valence-electron chi connectivity index (χ4n) is 4.53. The van der Waals surface area contributed by atoms with Crippen LogP contribution in [-0.2, 0) is 20.4 Å². The Morgan fingerprint density at radius 3 is 2.00 bits per heavy atom. The Bertz CT molecular complexity index is 699. The molecule has 0 saturated carbocycles. The Labute approximate surface area is 209 Å². The minimum absolute atomic E-state index is 0. The van der Waals surface area contributed by atoms with Gasteiger partial charge in [-0.1, -0.05) is 0 Å². The molecular weight excluding hydrogens is 451 g/mol. The van der Waals surface area contributed by atoms with Gasteiger partial charge in [0.15, 0.2) is 0 Å². The molecule has 0 radical (unpaired) electrons. The summed E-state index contributed by atoms with van der Waals surface area (Å²) in [6.45, 7) is 21.6. The normalized spacial score (nSPS) is 22.7. The van der Waals surface area contributed by atoms with E-state index in [0.29, 0.717) is 0 Å². The molecule has 0 bridgehead atoms. The molecule has 0 spiro atoms.